The molecule has 0 amide bonds. The van der Waals surface area contributed by atoms with Crippen molar-refractivity contribution in [2.24, 2.45) is 11.3 Å². The van der Waals surface area contributed by atoms with Crippen molar-refractivity contribution >= 4 is 5.97 Å². The molecule has 0 aromatic rings. The zero-order valence-corrected chi connectivity index (χ0v) is 8.42. The Bertz CT molecular complexity index is 161. The largest absolute Gasteiger partial charge is 0.469 e. The van der Waals surface area contributed by atoms with E-state index in [0.717, 1.165) is 0 Å². The minimum atomic E-state index is -0.817. The van der Waals surface area contributed by atoms with Gasteiger partial charge in [0, 0.05) is 0 Å². The number of carbonyl (C=O) groups is 1. The highest BCUT2D eigenvalue weighted by Crippen LogP contribution is 2.27. The van der Waals surface area contributed by atoms with Gasteiger partial charge in [-0.05, 0) is 19.8 Å². The number of methoxy groups -OCH3 is 1. The molecule has 0 aromatic carbocycles. The minimum Gasteiger partial charge on any atom is -0.469 e. The summed E-state index contributed by atoms with van der Waals surface area (Å²) in [5.74, 6) is -0.317. The van der Waals surface area contributed by atoms with E-state index in [1.807, 2.05) is 13.8 Å². The topological polar surface area (TPSA) is 46.5 Å². The highest BCUT2D eigenvalue weighted by atomic mass is 16.5. The number of ether oxygens (including phenoxy) is 1. The van der Waals surface area contributed by atoms with Gasteiger partial charge in [0.1, 0.15) is 0 Å². The molecule has 0 radical (unpaired) electrons. The Morgan fingerprint density at radius 2 is 1.83 bits per heavy atom. The molecule has 0 spiro atoms. The molecule has 1 N–H and O–H groups in total. The number of aliphatic hydroxyl groups excluding tert-OH is 1. The lowest BCUT2D eigenvalue weighted by Crippen LogP contribution is -2.41. The SMILES string of the molecule is COC(=O)C(C)(C)[C@@H](O)C(C)C. The average Bonchev–Trinajstić information content (AvgIpc) is 2.01. The van der Waals surface area contributed by atoms with Gasteiger partial charge in [0.05, 0.1) is 18.6 Å². The molecule has 0 rings (SSSR count). The van der Waals surface area contributed by atoms with E-state index in [1.165, 1.54) is 7.11 Å². The molecule has 0 saturated carbocycles. The van der Waals surface area contributed by atoms with Gasteiger partial charge in [-0.3, -0.25) is 4.79 Å². The molecule has 0 bridgehead atoms. The molecule has 0 aliphatic carbocycles. The summed E-state index contributed by atoms with van der Waals surface area (Å²) in [5.41, 5.74) is -0.817. The maximum atomic E-state index is 11.2. The van der Waals surface area contributed by atoms with Crippen LogP contribution in [0.2, 0.25) is 0 Å². The predicted octanol–water partition coefficient (Wildman–Crippen LogP) is 1.20. The smallest absolute Gasteiger partial charge is 0.313 e. The number of hydrogen-bond donors (Lipinski definition) is 1. The third-order valence-electron chi connectivity index (χ3n) is 2.08. The van der Waals surface area contributed by atoms with Crippen molar-refractivity contribution < 1.29 is 14.6 Å². The van der Waals surface area contributed by atoms with Gasteiger partial charge in [0.15, 0.2) is 0 Å². The van der Waals surface area contributed by atoms with E-state index in [-0.39, 0.29) is 11.9 Å². The van der Waals surface area contributed by atoms with Gasteiger partial charge >= 0.3 is 5.97 Å². The molecule has 72 valence electrons. The summed E-state index contributed by atoms with van der Waals surface area (Å²) in [6.07, 6.45) is -0.662. The number of carbonyl (C=O) groups excluding carboxylic acids is 1. The third kappa shape index (κ3) is 2.21. The fourth-order valence-corrected chi connectivity index (χ4v) is 1.22. The predicted molar refractivity (Wildman–Crippen MR) is 46.6 cm³/mol. The monoisotopic (exact) mass is 174 g/mol. The first-order valence-corrected chi connectivity index (χ1v) is 4.10. The Morgan fingerprint density at radius 3 is 2.08 bits per heavy atom. The summed E-state index contributed by atoms with van der Waals surface area (Å²) in [5, 5.41) is 9.65. The zero-order valence-electron chi connectivity index (χ0n) is 8.42. The molecule has 0 unspecified atom stereocenters. The second-order valence-corrected chi connectivity index (χ2v) is 3.90. The first kappa shape index (κ1) is 11.4. The van der Waals surface area contributed by atoms with E-state index >= 15 is 0 Å². The van der Waals surface area contributed by atoms with Crippen molar-refractivity contribution in [1.29, 1.82) is 0 Å². The van der Waals surface area contributed by atoms with E-state index < -0.39 is 11.5 Å². The molecular formula is C9H18O3. The van der Waals surface area contributed by atoms with Gasteiger partial charge in [-0.1, -0.05) is 13.8 Å². The van der Waals surface area contributed by atoms with E-state index in [1.54, 1.807) is 13.8 Å². The van der Waals surface area contributed by atoms with Crippen molar-refractivity contribution in [3.8, 4) is 0 Å². The van der Waals surface area contributed by atoms with Gasteiger partial charge in [-0.15, -0.1) is 0 Å². The van der Waals surface area contributed by atoms with Crippen LogP contribution in [0, 0.1) is 11.3 Å². The van der Waals surface area contributed by atoms with Crippen molar-refractivity contribution in [3.05, 3.63) is 0 Å². The van der Waals surface area contributed by atoms with Crippen LogP contribution in [0.25, 0.3) is 0 Å². The lowest BCUT2D eigenvalue weighted by Gasteiger charge is -2.30. The summed E-state index contributed by atoms with van der Waals surface area (Å²) in [4.78, 5) is 11.2. The Labute approximate surface area is 73.7 Å². The van der Waals surface area contributed by atoms with Crippen LogP contribution in [0.15, 0.2) is 0 Å². The van der Waals surface area contributed by atoms with Crippen LogP contribution in [-0.4, -0.2) is 24.3 Å². The van der Waals surface area contributed by atoms with Gasteiger partial charge < -0.3 is 9.84 Å². The second-order valence-electron chi connectivity index (χ2n) is 3.90. The maximum absolute atomic E-state index is 11.2. The first-order valence-electron chi connectivity index (χ1n) is 4.10. The fraction of sp³-hybridized carbons (Fsp3) is 0.889. The van der Waals surface area contributed by atoms with Crippen LogP contribution in [0.4, 0.5) is 0 Å². The lowest BCUT2D eigenvalue weighted by atomic mass is 9.81. The van der Waals surface area contributed by atoms with Crippen molar-refractivity contribution in [1.82, 2.24) is 0 Å². The van der Waals surface area contributed by atoms with Gasteiger partial charge in [-0.25, -0.2) is 0 Å². The number of aliphatic hydroxyl groups is 1. The van der Waals surface area contributed by atoms with Crippen LogP contribution >= 0.6 is 0 Å². The Kier molecular flexibility index (Phi) is 3.71. The fourth-order valence-electron chi connectivity index (χ4n) is 1.22. The average molecular weight is 174 g/mol. The molecule has 0 aromatic heterocycles. The standard InChI is InChI=1S/C9H18O3/c1-6(2)7(10)9(3,4)8(11)12-5/h6-7,10H,1-5H3/t7-/m0/s1. The summed E-state index contributed by atoms with van der Waals surface area (Å²) in [6.45, 7) is 7.11. The first-order chi connectivity index (χ1) is 5.34. The zero-order chi connectivity index (χ0) is 9.94. The Balaban J connectivity index is 4.48. The summed E-state index contributed by atoms with van der Waals surface area (Å²) >= 11 is 0. The van der Waals surface area contributed by atoms with Crippen LogP contribution in [-0.2, 0) is 9.53 Å². The summed E-state index contributed by atoms with van der Waals surface area (Å²) in [6, 6.07) is 0. The van der Waals surface area contributed by atoms with E-state index in [9.17, 15) is 9.90 Å². The van der Waals surface area contributed by atoms with Gasteiger partial charge in [0.25, 0.3) is 0 Å². The van der Waals surface area contributed by atoms with Crippen molar-refractivity contribution in [3.63, 3.8) is 0 Å². The normalized spacial score (nSPS) is 14.6. The molecular weight excluding hydrogens is 156 g/mol. The molecule has 1 atom stereocenters. The van der Waals surface area contributed by atoms with Gasteiger partial charge in [0.2, 0.25) is 0 Å². The molecule has 12 heavy (non-hydrogen) atoms. The lowest BCUT2D eigenvalue weighted by molar-refractivity contribution is -0.159. The van der Waals surface area contributed by atoms with Gasteiger partial charge in [-0.2, -0.15) is 0 Å². The number of rotatable bonds is 3. The maximum Gasteiger partial charge on any atom is 0.313 e. The quantitative estimate of drug-likeness (QED) is 0.654. The third-order valence-corrected chi connectivity index (χ3v) is 2.08. The number of esters is 1. The molecule has 0 aliphatic heterocycles. The minimum absolute atomic E-state index is 0.0547. The molecule has 0 saturated heterocycles. The van der Waals surface area contributed by atoms with E-state index in [2.05, 4.69) is 4.74 Å². The van der Waals surface area contributed by atoms with Crippen LogP contribution < -0.4 is 0 Å². The molecule has 0 fully saturated rings. The summed E-state index contributed by atoms with van der Waals surface area (Å²) in [7, 11) is 1.33. The van der Waals surface area contributed by atoms with Crippen LogP contribution in [0.3, 0.4) is 0 Å². The Hall–Kier alpha value is -0.570. The van der Waals surface area contributed by atoms with Crippen molar-refractivity contribution in [2.45, 2.75) is 33.8 Å². The second kappa shape index (κ2) is 3.90. The highest BCUT2D eigenvalue weighted by molar-refractivity contribution is 5.76. The number of hydrogen-bond acceptors (Lipinski definition) is 3. The summed E-state index contributed by atoms with van der Waals surface area (Å²) < 4.78 is 4.59. The molecule has 0 aliphatic rings. The molecule has 3 heteroatoms. The van der Waals surface area contributed by atoms with E-state index in [0.29, 0.717) is 0 Å². The molecule has 0 heterocycles. The van der Waals surface area contributed by atoms with E-state index in [4.69, 9.17) is 0 Å². The van der Waals surface area contributed by atoms with Crippen LogP contribution in [0.1, 0.15) is 27.7 Å². The molecule has 3 nitrogen and oxygen atoms in total. The highest BCUT2D eigenvalue weighted by Gasteiger charge is 2.38. The van der Waals surface area contributed by atoms with Crippen molar-refractivity contribution in [2.75, 3.05) is 7.11 Å². The Morgan fingerprint density at radius 1 is 1.42 bits per heavy atom. The van der Waals surface area contributed by atoms with Crippen LogP contribution in [0.5, 0.6) is 0 Å².